The molecule has 0 spiro atoms. The normalized spacial score (nSPS) is 11.4. The lowest BCUT2D eigenvalue weighted by atomic mass is 10.1. The molecule has 0 aliphatic heterocycles. The number of anilines is 1. The Morgan fingerprint density at radius 3 is 2.08 bits per heavy atom. The van der Waals surface area contributed by atoms with E-state index in [0.717, 1.165) is 5.56 Å². The van der Waals surface area contributed by atoms with Crippen molar-refractivity contribution in [2.75, 3.05) is 51.9 Å². The van der Waals surface area contributed by atoms with Crippen molar-refractivity contribution in [3.8, 4) is 0 Å². The number of rotatable bonds is 14. The third kappa shape index (κ3) is 11.0. The van der Waals surface area contributed by atoms with Crippen LogP contribution in [-0.2, 0) is 19.0 Å². The van der Waals surface area contributed by atoms with Gasteiger partial charge in [0.15, 0.2) is 0 Å². The Balaban J connectivity index is 1.92. The summed E-state index contributed by atoms with van der Waals surface area (Å²) in [6.07, 6.45) is 1.97. The van der Waals surface area contributed by atoms with Gasteiger partial charge in [-0.1, -0.05) is 12.1 Å². The molecule has 8 nitrogen and oxygen atoms in total. The van der Waals surface area contributed by atoms with Crippen molar-refractivity contribution in [1.29, 1.82) is 0 Å². The van der Waals surface area contributed by atoms with Crippen LogP contribution in [0.4, 0.5) is 5.69 Å². The number of hydrogen-bond donors (Lipinski definition) is 4. The lowest BCUT2D eigenvalue weighted by Crippen LogP contribution is -2.18. The maximum absolute atomic E-state index is 10.5. The third-order valence-corrected chi connectivity index (χ3v) is 3.13. The van der Waals surface area contributed by atoms with E-state index in [4.69, 9.17) is 31.4 Å². The zero-order valence-corrected chi connectivity index (χ0v) is 14.4. The van der Waals surface area contributed by atoms with Crippen molar-refractivity contribution < 1.29 is 19.0 Å². The molecule has 8 heteroatoms. The van der Waals surface area contributed by atoms with Gasteiger partial charge in [-0.2, -0.15) is 0 Å². The van der Waals surface area contributed by atoms with Crippen molar-refractivity contribution in [2.45, 2.75) is 6.42 Å². The number of ether oxygens (including phenoxy) is 3. The lowest BCUT2D eigenvalue weighted by molar-refractivity contribution is -0.119. The van der Waals surface area contributed by atoms with Gasteiger partial charge in [0.25, 0.3) is 0 Å². The first-order valence-electron chi connectivity index (χ1n) is 8.16. The average Bonchev–Trinajstić information content (AvgIpc) is 2.59. The number of nitrogen functional groups attached to an aromatic ring is 1. The van der Waals surface area contributed by atoms with Gasteiger partial charge in [0.05, 0.1) is 45.3 Å². The molecule has 0 aromatic heterocycles. The van der Waals surface area contributed by atoms with Gasteiger partial charge >= 0.3 is 0 Å². The van der Waals surface area contributed by atoms with Crippen molar-refractivity contribution >= 4 is 17.3 Å². The van der Waals surface area contributed by atoms with Crippen LogP contribution in [-0.4, -0.2) is 52.1 Å². The van der Waals surface area contributed by atoms with Gasteiger partial charge in [-0.05, 0) is 17.7 Å². The van der Waals surface area contributed by atoms with Gasteiger partial charge in [0.1, 0.15) is 0 Å². The summed E-state index contributed by atoms with van der Waals surface area (Å²) in [4.78, 5) is 10.5. The number of amides is 1. The molecule has 0 bridgehead atoms. The molecule has 0 fully saturated rings. The van der Waals surface area contributed by atoms with E-state index in [1.807, 2.05) is 24.3 Å². The zero-order chi connectivity index (χ0) is 18.3. The lowest BCUT2D eigenvalue weighted by Gasteiger charge is -2.07. The Kier molecular flexibility index (Phi) is 10.8. The van der Waals surface area contributed by atoms with Crippen LogP contribution in [0.1, 0.15) is 12.0 Å². The number of nitrogens with one attached hydrogen (secondary N) is 1. The molecule has 0 atom stereocenters. The summed E-state index contributed by atoms with van der Waals surface area (Å²) in [6, 6.07) is 7.35. The Hall–Kier alpha value is -2.29. The minimum Gasteiger partial charge on any atom is -0.399 e. The highest BCUT2D eigenvalue weighted by molar-refractivity contribution is 5.73. The van der Waals surface area contributed by atoms with Crippen LogP contribution < -0.4 is 22.5 Å². The van der Waals surface area contributed by atoms with E-state index in [1.54, 1.807) is 6.20 Å². The minimum absolute atomic E-state index is 0.230. The van der Waals surface area contributed by atoms with E-state index in [-0.39, 0.29) is 12.3 Å². The van der Waals surface area contributed by atoms with Gasteiger partial charge in [0, 0.05) is 24.9 Å². The van der Waals surface area contributed by atoms with Crippen LogP contribution in [0, 0.1) is 0 Å². The molecule has 1 aromatic carbocycles. The Labute approximate surface area is 148 Å². The van der Waals surface area contributed by atoms with E-state index in [9.17, 15) is 4.79 Å². The zero-order valence-electron chi connectivity index (χ0n) is 14.4. The topological polar surface area (TPSA) is 135 Å². The maximum atomic E-state index is 10.5. The molecular formula is C17H28N4O4. The van der Waals surface area contributed by atoms with Crippen LogP contribution in [0.25, 0.3) is 5.70 Å². The smallest absolute Gasteiger partial charge is 0.219 e. The first-order chi connectivity index (χ1) is 12.1. The number of carbonyl (C=O) groups is 1. The molecule has 0 heterocycles. The fourth-order valence-electron chi connectivity index (χ4n) is 1.79. The van der Waals surface area contributed by atoms with Crippen LogP contribution >= 0.6 is 0 Å². The second kappa shape index (κ2) is 13.1. The summed E-state index contributed by atoms with van der Waals surface area (Å²) < 4.78 is 15.9. The molecule has 0 saturated carbocycles. The number of hydrogen-bond acceptors (Lipinski definition) is 7. The van der Waals surface area contributed by atoms with Gasteiger partial charge in [0.2, 0.25) is 5.91 Å². The standard InChI is InChI=1S/C17H28N4O4/c18-15-3-1-14(2-4-15)16(19)13-21-6-8-24-10-12-25-11-9-23-7-5-17(20)22/h1-4,13,21H,5-12,18-19H2,(H2,20,22)/b16-13-. The predicted molar refractivity (Wildman–Crippen MR) is 97.3 cm³/mol. The number of nitrogens with two attached hydrogens (primary N) is 3. The van der Waals surface area contributed by atoms with Gasteiger partial charge in [-0.3, -0.25) is 4.79 Å². The van der Waals surface area contributed by atoms with Crippen molar-refractivity contribution in [3.63, 3.8) is 0 Å². The molecule has 0 radical (unpaired) electrons. The average molecular weight is 352 g/mol. The molecule has 7 N–H and O–H groups in total. The molecule has 0 aliphatic carbocycles. The number of carbonyl (C=O) groups excluding carboxylic acids is 1. The monoisotopic (exact) mass is 352 g/mol. The van der Waals surface area contributed by atoms with E-state index >= 15 is 0 Å². The van der Waals surface area contributed by atoms with E-state index in [0.29, 0.717) is 57.6 Å². The third-order valence-electron chi connectivity index (χ3n) is 3.13. The fraction of sp³-hybridized carbons (Fsp3) is 0.471. The van der Waals surface area contributed by atoms with Crippen molar-refractivity contribution in [1.82, 2.24) is 5.32 Å². The highest BCUT2D eigenvalue weighted by Gasteiger charge is 1.96. The highest BCUT2D eigenvalue weighted by atomic mass is 16.5. The molecule has 1 rings (SSSR count). The number of primary amides is 1. The largest absolute Gasteiger partial charge is 0.399 e. The van der Waals surface area contributed by atoms with E-state index in [1.165, 1.54) is 0 Å². The second-order valence-corrected chi connectivity index (χ2v) is 5.23. The Morgan fingerprint density at radius 2 is 1.48 bits per heavy atom. The maximum Gasteiger partial charge on any atom is 0.219 e. The Bertz CT molecular complexity index is 520. The van der Waals surface area contributed by atoms with Crippen molar-refractivity contribution in [3.05, 3.63) is 36.0 Å². The molecule has 1 aromatic rings. The first kappa shape index (κ1) is 20.8. The summed E-state index contributed by atoms with van der Waals surface area (Å²) in [5, 5.41) is 3.09. The second-order valence-electron chi connectivity index (χ2n) is 5.23. The van der Waals surface area contributed by atoms with E-state index in [2.05, 4.69) is 5.32 Å². The quantitative estimate of drug-likeness (QED) is 0.274. The summed E-state index contributed by atoms with van der Waals surface area (Å²) in [5.41, 5.74) is 18.8. The highest BCUT2D eigenvalue weighted by Crippen LogP contribution is 2.10. The van der Waals surface area contributed by atoms with Crippen LogP contribution in [0.5, 0.6) is 0 Å². The SMILES string of the molecule is NC(=O)CCOCCOCCOCCN/C=C(\N)c1ccc(N)cc1. The summed E-state index contributed by atoms with van der Waals surface area (Å²) in [7, 11) is 0. The van der Waals surface area contributed by atoms with E-state index < -0.39 is 0 Å². The Morgan fingerprint density at radius 1 is 0.920 bits per heavy atom. The molecule has 25 heavy (non-hydrogen) atoms. The summed E-state index contributed by atoms with van der Waals surface area (Å²) in [6.45, 7) is 3.40. The minimum atomic E-state index is -0.368. The molecule has 0 aliphatic rings. The van der Waals surface area contributed by atoms with Gasteiger partial charge in [-0.15, -0.1) is 0 Å². The first-order valence-corrected chi connectivity index (χ1v) is 8.16. The van der Waals surface area contributed by atoms with Crippen molar-refractivity contribution in [2.24, 2.45) is 11.5 Å². The molecule has 0 unspecified atom stereocenters. The fourth-order valence-corrected chi connectivity index (χ4v) is 1.79. The predicted octanol–water partition coefficient (Wildman–Crippen LogP) is 0.0407. The summed E-state index contributed by atoms with van der Waals surface area (Å²) in [5.74, 6) is -0.368. The van der Waals surface area contributed by atoms with Gasteiger partial charge < -0.3 is 36.7 Å². The molecule has 1 amide bonds. The van der Waals surface area contributed by atoms with Crippen LogP contribution in [0.15, 0.2) is 30.5 Å². The number of benzene rings is 1. The molecular weight excluding hydrogens is 324 g/mol. The van der Waals surface area contributed by atoms with Gasteiger partial charge in [-0.25, -0.2) is 0 Å². The molecule has 0 saturated heterocycles. The summed E-state index contributed by atoms with van der Waals surface area (Å²) >= 11 is 0. The molecule has 140 valence electrons. The van der Waals surface area contributed by atoms with Crippen LogP contribution in [0.2, 0.25) is 0 Å². The van der Waals surface area contributed by atoms with Crippen LogP contribution in [0.3, 0.4) is 0 Å².